The first-order chi connectivity index (χ1) is 11.1. The van der Waals surface area contributed by atoms with Gasteiger partial charge >= 0.3 is 137 Å². The number of aryl methyl sites for hydroxylation is 1. The molecule has 0 bridgehead atoms. The number of nitrogens with zero attached hydrogens (tertiary/aromatic N) is 1. The van der Waals surface area contributed by atoms with Crippen LogP contribution in [0.15, 0.2) is 24.3 Å². The van der Waals surface area contributed by atoms with Gasteiger partial charge in [-0.05, 0) is 0 Å². The number of aromatic nitrogens is 1. The number of nitrogens with two attached hydrogens (primary N) is 1. The van der Waals surface area contributed by atoms with Crippen molar-refractivity contribution in [1.29, 1.82) is 0 Å². The molecule has 1 saturated heterocycles. The third-order valence-corrected chi connectivity index (χ3v) is 4.47. The van der Waals surface area contributed by atoms with Gasteiger partial charge in [0.1, 0.15) is 0 Å². The van der Waals surface area contributed by atoms with E-state index < -0.39 is 0 Å². The molecule has 0 aliphatic carbocycles. The second kappa shape index (κ2) is 6.49. The van der Waals surface area contributed by atoms with Gasteiger partial charge in [-0.1, -0.05) is 0 Å². The standard InChI is InChI=1S/C18H20BN3O/c1-11-4-2-6-16(23)17(11)15-8-13(12-5-3-7-21-10-12)14(9-19)18(20)22-15/h2,4,6,8,12,21,23H,3,5,7,10H2,1H3,(H2,20,22). The molecule has 1 aliphatic rings. The van der Waals surface area contributed by atoms with E-state index in [0.29, 0.717) is 28.6 Å². The number of rotatable bonds is 2. The van der Waals surface area contributed by atoms with Crippen molar-refractivity contribution in [2.45, 2.75) is 25.7 Å². The van der Waals surface area contributed by atoms with Crippen LogP contribution in [-0.4, -0.2) is 30.5 Å². The van der Waals surface area contributed by atoms with Gasteiger partial charge in [0.25, 0.3) is 0 Å². The molecule has 3 rings (SSSR count). The van der Waals surface area contributed by atoms with E-state index >= 15 is 0 Å². The van der Waals surface area contributed by atoms with Crippen LogP contribution in [-0.2, 0) is 0 Å². The van der Waals surface area contributed by atoms with Gasteiger partial charge in [0.2, 0.25) is 0 Å². The normalized spacial score (nSPS) is 17.8. The second-order valence-electron chi connectivity index (χ2n) is 6.01. The summed E-state index contributed by atoms with van der Waals surface area (Å²) in [5.74, 6) is 3.58. The summed E-state index contributed by atoms with van der Waals surface area (Å²) in [5.41, 5.74) is 10.2. The number of phenols is 1. The molecule has 4 nitrogen and oxygen atoms in total. The zero-order valence-electron chi connectivity index (χ0n) is 13.3. The number of pyridine rings is 1. The molecule has 0 spiro atoms. The van der Waals surface area contributed by atoms with E-state index in [0.717, 1.165) is 37.1 Å². The fourth-order valence-electron chi connectivity index (χ4n) is 3.30. The quantitative estimate of drug-likeness (QED) is 0.745. The van der Waals surface area contributed by atoms with Crippen LogP contribution in [0.5, 0.6) is 5.75 Å². The summed E-state index contributed by atoms with van der Waals surface area (Å²) in [6.07, 6.45) is 2.19. The molecule has 4 N–H and O–H groups in total. The maximum atomic E-state index is 10.2. The first-order valence-corrected chi connectivity index (χ1v) is 7.88. The maximum absolute atomic E-state index is 10.2. The summed E-state index contributed by atoms with van der Waals surface area (Å²) in [6, 6.07) is 7.42. The van der Waals surface area contributed by atoms with Crippen molar-refractivity contribution < 1.29 is 5.11 Å². The molecule has 5 heteroatoms. The van der Waals surface area contributed by atoms with Crippen LogP contribution in [0, 0.1) is 12.7 Å². The van der Waals surface area contributed by atoms with E-state index in [1.807, 2.05) is 25.1 Å². The van der Waals surface area contributed by atoms with Gasteiger partial charge in [0.15, 0.2) is 0 Å². The van der Waals surface area contributed by atoms with Gasteiger partial charge < -0.3 is 0 Å². The molecule has 116 valence electrons. The van der Waals surface area contributed by atoms with Gasteiger partial charge in [-0.2, -0.15) is 0 Å². The van der Waals surface area contributed by atoms with Crippen LogP contribution in [0.3, 0.4) is 0 Å². The molecule has 1 unspecified atom stereocenters. The van der Waals surface area contributed by atoms with Crippen molar-refractivity contribution in [2.24, 2.45) is 0 Å². The number of aromatic hydroxyl groups is 1. The van der Waals surface area contributed by atoms with Crippen molar-refractivity contribution in [3.8, 4) is 22.8 Å². The van der Waals surface area contributed by atoms with Crippen LogP contribution < -0.4 is 11.1 Å². The van der Waals surface area contributed by atoms with Crippen LogP contribution in [0.1, 0.15) is 35.4 Å². The molecular weight excluding hydrogens is 285 g/mol. The Hall–Kier alpha value is -2.23. The zero-order chi connectivity index (χ0) is 16.4. The summed E-state index contributed by atoms with van der Waals surface area (Å²) in [5, 5.41) is 13.6. The number of nitrogen functional groups attached to an aromatic ring is 1. The zero-order valence-corrected chi connectivity index (χ0v) is 13.3. The van der Waals surface area contributed by atoms with Crippen LogP contribution in [0.4, 0.5) is 5.82 Å². The minimum absolute atomic E-state index is 0.207. The molecule has 0 saturated carbocycles. The van der Waals surface area contributed by atoms with E-state index in [9.17, 15) is 5.11 Å². The van der Waals surface area contributed by atoms with Crippen molar-refractivity contribution >= 4 is 13.1 Å². The number of hydrogen-bond donors (Lipinski definition) is 3. The Morgan fingerprint density at radius 1 is 1.43 bits per heavy atom. The Kier molecular flexibility index (Phi) is 4.42. The van der Waals surface area contributed by atoms with Gasteiger partial charge in [0.05, 0.1) is 0 Å². The topological polar surface area (TPSA) is 71.2 Å². The molecule has 23 heavy (non-hydrogen) atoms. The summed E-state index contributed by atoms with van der Waals surface area (Å²) in [7, 11) is 5.67. The van der Waals surface area contributed by atoms with Crippen molar-refractivity contribution in [3.05, 3.63) is 41.0 Å². The number of hydrogen-bond acceptors (Lipinski definition) is 4. The number of nitrogens with one attached hydrogen (secondary N) is 1. The molecule has 2 heterocycles. The molecular formula is C18H20BN3O. The number of piperidine rings is 1. The summed E-state index contributed by atoms with van der Waals surface area (Å²) in [6.45, 7) is 3.87. The molecule has 0 radical (unpaired) electrons. The molecule has 1 aromatic carbocycles. The molecule has 1 fully saturated rings. The van der Waals surface area contributed by atoms with Gasteiger partial charge in [0, 0.05) is 0 Å². The number of phenolic OH excluding ortho intramolecular Hbond substituents is 1. The monoisotopic (exact) mass is 305 g/mol. The van der Waals surface area contributed by atoms with E-state index in [1.54, 1.807) is 6.07 Å². The van der Waals surface area contributed by atoms with Crippen LogP contribution in [0.2, 0.25) is 0 Å². The van der Waals surface area contributed by atoms with E-state index in [-0.39, 0.29) is 5.75 Å². The van der Waals surface area contributed by atoms with Crippen LogP contribution in [0.25, 0.3) is 11.3 Å². The van der Waals surface area contributed by atoms with Crippen LogP contribution >= 0.6 is 0 Å². The molecule has 0 amide bonds. The van der Waals surface area contributed by atoms with Crippen molar-refractivity contribution in [3.63, 3.8) is 0 Å². The van der Waals surface area contributed by atoms with E-state index in [4.69, 9.17) is 13.1 Å². The van der Waals surface area contributed by atoms with E-state index in [1.165, 1.54) is 0 Å². The van der Waals surface area contributed by atoms with E-state index in [2.05, 4.69) is 16.1 Å². The summed E-state index contributed by atoms with van der Waals surface area (Å²) in [4.78, 5) is 4.45. The fourth-order valence-corrected chi connectivity index (χ4v) is 3.30. The molecule has 1 atom stereocenters. The third kappa shape index (κ3) is 2.98. The van der Waals surface area contributed by atoms with Gasteiger partial charge in [-0.15, -0.1) is 0 Å². The molecule has 1 aliphatic heterocycles. The predicted molar refractivity (Wildman–Crippen MR) is 94.1 cm³/mol. The average Bonchev–Trinajstić information content (AvgIpc) is 2.55. The number of benzene rings is 1. The van der Waals surface area contributed by atoms with Crippen molar-refractivity contribution in [1.82, 2.24) is 10.3 Å². The number of anilines is 1. The first kappa shape index (κ1) is 15.7. The first-order valence-electron chi connectivity index (χ1n) is 7.88. The summed E-state index contributed by atoms with van der Waals surface area (Å²) >= 11 is 0. The predicted octanol–water partition coefficient (Wildman–Crippen LogP) is 2.29. The Labute approximate surface area is 137 Å². The molecule has 1 aromatic heterocycles. The minimum atomic E-state index is 0.207. The Balaban J connectivity index is 2.17. The fraction of sp³-hybridized carbons (Fsp3) is 0.333. The average molecular weight is 305 g/mol. The van der Waals surface area contributed by atoms with Crippen molar-refractivity contribution in [2.75, 3.05) is 18.8 Å². The van der Waals surface area contributed by atoms with Gasteiger partial charge in [-0.25, -0.2) is 0 Å². The Morgan fingerprint density at radius 2 is 2.26 bits per heavy atom. The Bertz CT molecular complexity index is 756. The SMILES string of the molecule is B#Cc1c(C2CCCNC2)cc(-c2c(C)cccc2O)nc1N. The second-order valence-corrected chi connectivity index (χ2v) is 6.01. The third-order valence-electron chi connectivity index (χ3n) is 4.47. The molecule has 2 aromatic rings. The summed E-state index contributed by atoms with van der Waals surface area (Å²) < 4.78 is 0. The Morgan fingerprint density at radius 3 is 2.91 bits per heavy atom. The van der Waals surface area contributed by atoms with Gasteiger partial charge in [-0.3, -0.25) is 0 Å².